The van der Waals surface area contributed by atoms with Gasteiger partial charge in [-0.15, -0.1) is 0 Å². The minimum absolute atomic E-state index is 0.0266. The molecule has 0 aliphatic rings. The Hall–Kier alpha value is -3.03. The molecule has 0 aliphatic heterocycles. The lowest BCUT2D eigenvalue weighted by Gasteiger charge is -2.11. The van der Waals surface area contributed by atoms with Gasteiger partial charge in [0.15, 0.2) is 0 Å². The first-order valence-corrected chi connectivity index (χ1v) is 5.82. The van der Waals surface area contributed by atoms with Gasteiger partial charge in [0.25, 0.3) is 0 Å². The van der Waals surface area contributed by atoms with Crippen LogP contribution in [-0.2, 0) is 0 Å². The summed E-state index contributed by atoms with van der Waals surface area (Å²) in [5.74, 6) is -1.19. The van der Waals surface area contributed by atoms with Crippen LogP contribution < -0.4 is 10.5 Å². The van der Waals surface area contributed by atoms with Crippen molar-refractivity contribution < 1.29 is 14.1 Å². The summed E-state index contributed by atoms with van der Waals surface area (Å²) in [6, 6.07) is 4.77. The zero-order chi connectivity index (χ0) is 15.6. The molecule has 1 heterocycles. The summed E-state index contributed by atoms with van der Waals surface area (Å²) in [5, 5.41) is 18.1. The molecule has 0 saturated carbocycles. The Bertz CT molecular complexity index is 733. The minimum Gasteiger partial charge on any atom is -0.438 e. The van der Waals surface area contributed by atoms with Crippen molar-refractivity contribution in [2.24, 2.45) is 5.73 Å². The van der Waals surface area contributed by atoms with Crippen molar-refractivity contribution in [2.75, 3.05) is 0 Å². The Kier molecular flexibility index (Phi) is 3.79. The smallest absolute Gasteiger partial charge is 0.305 e. The largest absolute Gasteiger partial charge is 0.438 e. The number of nitro groups is 1. The zero-order valence-corrected chi connectivity index (χ0v) is 11.0. The molecule has 7 nitrogen and oxygen atoms in total. The van der Waals surface area contributed by atoms with Gasteiger partial charge < -0.3 is 10.5 Å². The molecule has 0 radical (unpaired) electrons. The second-order valence-electron chi connectivity index (χ2n) is 4.19. The molecule has 3 N–H and O–H groups in total. The second-order valence-corrected chi connectivity index (χ2v) is 4.19. The van der Waals surface area contributed by atoms with E-state index in [1.54, 1.807) is 13.0 Å². The van der Waals surface area contributed by atoms with Crippen molar-refractivity contribution in [3.63, 3.8) is 0 Å². The summed E-state index contributed by atoms with van der Waals surface area (Å²) in [4.78, 5) is 13.7. The Balaban J connectivity index is 2.39. The van der Waals surface area contributed by atoms with Crippen molar-refractivity contribution in [3.05, 3.63) is 57.5 Å². The van der Waals surface area contributed by atoms with E-state index in [9.17, 15) is 14.5 Å². The van der Waals surface area contributed by atoms with Crippen LogP contribution in [0.15, 0.2) is 30.5 Å². The number of pyridine rings is 1. The first-order valence-electron chi connectivity index (χ1n) is 5.82. The number of nitrogens with one attached hydrogen (secondary N) is 1. The summed E-state index contributed by atoms with van der Waals surface area (Å²) in [7, 11) is 0. The van der Waals surface area contributed by atoms with E-state index in [1.165, 1.54) is 12.3 Å². The van der Waals surface area contributed by atoms with Gasteiger partial charge in [0.05, 0.1) is 10.5 Å². The monoisotopic (exact) mass is 290 g/mol. The van der Waals surface area contributed by atoms with Crippen LogP contribution in [-0.4, -0.2) is 15.7 Å². The predicted octanol–water partition coefficient (Wildman–Crippen LogP) is 2.51. The van der Waals surface area contributed by atoms with E-state index in [0.29, 0.717) is 5.56 Å². The molecule has 0 saturated heterocycles. The van der Waals surface area contributed by atoms with Gasteiger partial charge in [-0.1, -0.05) is 0 Å². The minimum atomic E-state index is -1.02. The molecule has 1 aromatic heterocycles. The van der Waals surface area contributed by atoms with Crippen LogP contribution in [0.5, 0.6) is 11.6 Å². The van der Waals surface area contributed by atoms with Gasteiger partial charge in [-0.3, -0.25) is 15.5 Å². The van der Waals surface area contributed by atoms with Gasteiger partial charge in [-0.2, -0.15) is 4.39 Å². The van der Waals surface area contributed by atoms with Crippen molar-refractivity contribution in [1.29, 1.82) is 5.41 Å². The number of hydrogen-bond acceptors (Lipinski definition) is 5. The van der Waals surface area contributed by atoms with E-state index < -0.39 is 16.4 Å². The topological polar surface area (TPSA) is 115 Å². The molecule has 0 unspecified atom stereocenters. The lowest BCUT2D eigenvalue weighted by Crippen LogP contribution is -2.14. The van der Waals surface area contributed by atoms with Crippen LogP contribution in [0, 0.1) is 28.3 Å². The number of nitro benzene ring substituents is 1. The quantitative estimate of drug-likeness (QED) is 0.388. The first kappa shape index (κ1) is 14.4. The summed E-state index contributed by atoms with van der Waals surface area (Å²) in [6.45, 7) is 1.72. The number of halogens is 1. The van der Waals surface area contributed by atoms with Crippen LogP contribution >= 0.6 is 0 Å². The van der Waals surface area contributed by atoms with E-state index in [1.807, 2.05) is 0 Å². The molecule has 0 aliphatic carbocycles. The fourth-order valence-electron chi connectivity index (χ4n) is 1.75. The molecule has 0 spiro atoms. The van der Waals surface area contributed by atoms with Gasteiger partial charge in [-0.05, 0) is 24.6 Å². The van der Waals surface area contributed by atoms with Crippen LogP contribution in [0.2, 0.25) is 0 Å². The third-order valence-electron chi connectivity index (χ3n) is 2.72. The Morgan fingerprint density at radius 2 is 2.19 bits per heavy atom. The number of nitrogens with zero attached hydrogens (tertiary/aromatic N) is 2. The first-order chi connectivity index (χ1) is 9.90. The molecule has 2 aromatic rings. The van der Waals surface area contributed by atoms with Crippen molar-refractivity contribution in [1.82, 2.24) is 4.98 Å². The Labute approximate surface area is 118 Å². The predicted molar refractivity (Wildman–Crippen MR) is 73.1 cm³/mol. The molecule has 0 fully saturated rings. The highest BCUT2D eigenvalue weighted by Gasteiger charge is 2.17. The normalized spacial score (nSPS) is 10.2. The SMILES string of the molecule is Cc1ccnc(Oc2ccc([N+](=O)[O-])c(F)c2)c1C(=N)N. The Morgan fingerprint density at radius 3 is 2.76 bits per heavy atom. The molecule has 1 aromatic carbocycles. The second kappa shape index (κ2) is 5.53. The van der Waals surface area contributed by atoms with Crippen LogP contribution in [0.4, 0.5) is 10.1 Å². The number of amidine groups is 1. The fraction of sp³-hybridized carbons (Fsp3) is 0.0769. The lowest BCUT2D eigenvalue weighted by atomic mass is 10.1. The summed E-state index contributed by atoms with van der Waals surface area (Å²) < 4.78 is 18.9. The number of rotatable bonds is 4. The molecule has 0 amide bonds. The number of ether oxygens (including phenoxy) is 1. The van der Waals surface area contributed by atoms with Gasteiger partial charge >= 0.3 is 5.69 Å². The number of benzene rings is 1. The average molecular weight is 290 g/mol. The maximum absolute atomic E-state index is 13.5. The number of nitrogen functional groups attached to an aromatic ring is 1. The van der Waals surface area contributed by atoms with Crippen molar-refractivity contribution in [3.8, 4) is 11.6 Å². The van der Waals surface area contributed by atoms with Crippen LogP contribution in [0.3, 0.4) is 0 Å². The lowest BCUT2D eigenvalue weighted by molar-refractivity contribution is -0.387. The maximum atomic E-state index is 13.5. The van der Waals surface area contributed by atoms with Crippen LogP contribution in [0.1, 0.15) is 11.1 Å². The number of nitrogens with two attached hydrogens (primary N) is 1. The van der Waals surface area contributed by atoms with Gasteiger partial charge in [0.1, 0.15) is 11.6 Å². The summed E-state index contributed by atoms with van der Waals surface area (Å²) >= 11 is 0. The molecular weight excluding hydrogens is 279 g/mol. The summed E-state index contributed by atoms with van der Waals surface area (Å²) in [6.07, 6.45) is 1.46. The van der Waals surface area contributed by atoms with E-state index in [-0.39, 0.29) is 23.0 Å². The molecule has 108 valence electrons. The highest BCUT2D eigenvalue weighted by Crippen LogP contribution is 2.28. The highest BCUT2D eigenvalue weighted by molar-refractivity contribution is 5.98. The number of aromatic nitrogens is 1. The standard InChI is InChI=1S/C13H11FN4O3/c1-7-4-5-17-13(11(7)12(15)16)21-8-2-3-10(18(19)20)9(14)6-8/h2-6H,1H3,(H3,15,16). The zero-order valence-electron chi connectivity index (χ0n) is 11.0. The van der Waals surface area contributed by atoms with E-state index in [4.69, 9.17) is 15.9 Å². The Morgan fingerprint density at radius 1 is 1.48 bits per heavy atom. The third-order valence-corrected chi connectivity index (χ3v) is 2.72. The average Bonchev–Trinajstić information content (AvgIpc) is 2.37. The molecule has 2 rings (SSSR count). The van der Waals surface area contributed by atoms with E-state index in [2.05, 4.69) is 4.98 Å². The van der Waals surface area contributed by atoms with Gasteiger partial charge in [0.2, 0.25) is 11.7 Å². The van der Waals surface area contributed by atoms with E-state index in [0.717, 1.165) is 12.1 Å². The van der Waals surface area contributed by atoms with Gasteiger partial charge in [-0.25, -0.2) is 4.98 Å². The van der Waals surface area contributed by atoms with Crippen LogP contribution in [0.25, 0.3) is 0 Å². The third kappa shape index (κ3) is 2.94. The molecule has 0 bridgehead atoms. The number of hydrogen-bond donors (Lipinski definition) is 2. The fourth-order valence-corrected chi connectivity index (χ4v) is 1.75. The van der Waals surface area contributed by atoms with E-state index >= 15 is 0 Å². The van der Waals surface area contributed by atoms with Gasteiger partial charge in [0, 0.05) is 18.3 Å². The molecule has 21 heavy (non-hydrogen) atoms. The summed E-state index contributed by atoms with van der Waals surface area (Å²) in [5.41, 5.74) is 5.78. The molecule has 8 heteroatoms. The molecule has 0 atom stereocenters. The highest BCUT2D eigenvalue weighted by atomic mass is 19.1. The van der Waals surface area contributed by atoms with Crippen molar-refractivity contribution in [2.45, 2.75) is 6.92 Å². The number of aryl methyl sites for hydroxylation is 1. The maximum Gasteiger partial charge on any atom is 0.305 e. The molecular formula is C13H11FN4O3. The van der Waals surface area contributed by atoms with Crippen molar-refractivity contribution >= 4 is 11.5 Å².